The minimum Gasteiger partial charge on any atom is -0.486 e. The molecule has 3 rings (SSSR count). The van der Waals surface area contributed by atoms with Crippen molar-refractivity contribution in [3.05, 3.63) is 58.9 Å². The molecule has 2 aromatic carbocycles. The molecular weight excluding hydrogens is 287 g/mol. The molecule has 3 aromatic rings. The van der Waals surface area contributed by atoms with E-state index in [0.29, 0.717) is 25.3 Å². The third-order valence-corrected chi connectivity index (χ3v) is 4.07. The summed E-state index contributed by atoms with van der Waals surface area (Å²) < 4.78 is 20.3. The minimum absolute atomic E-state index is 0.305. The first-order valence-electron chi connectivity index (χ1n) is 6.71. The summed E-state index contributed by atoms with van der Waals surface area (Å²) in [6.07, 6.45) is 0.634. The first-order chi connectivity index (χ1) is 10.2. The molecule has 21 heavy (non-hydrogen) atoms. The average Bonchev–Trinajstić information content (AvgIpc) is 2.88. The molecule has 0 aliphatic carbocycles. The number of halogens is 1. The van der Waals surface area contributed by atoms with Crippen molar-refractivity contribution in [3.63, 3.8) is 0 Å². The molecule has 0 fully saturated rings. The summed E-state index contributed by atoms with van der Waals surface area (Å²) in [5, 5.41) is 0.876. The maximum absolute atomic E-state index is 13.5. The molecule has 2 N–H and O–H groups in total. The highest BCUT2D eigenvalue weighted by atomic mass is 32.1. The van der Waals surface area contributed by atoms with Gasteiger partial charge >= 0.3 is 0 Å². The van der Waals surface area contributed by atoms with Gasteiger partial charge in [0.1, 0.15) is 23.2 Å². The molecule has 0 spiro atoms. The lowest BCUT2D eigenvalue weighted by Gasteiger charge is -2.07. The zero-order valence-electron chi connectivity index (χ0n) is 11.4. The first kappa shape index (κ1) is 14.0. The second-order valence-corrected chi connectivity index (χ2v) is 5.81. The van der Waals surface area contributed by atoms with E-state index in [1.807, 2.05) is 30.3 Å². The highest BCUT2D eigenvalue weighted by molar-refractivity contribution is 7.18. The molecule has 0 saturated carbocycles. The summed E-state index contributed by atoms with van der Waals surface area (Å²) >= 11 is 1.59. The number of ether oxygens (including phenoxy) is 1. The molecule has 0 amide bonds. The fraction of sp³-hybridized carbons (Fsp3) is 0.188. The quantitative estimate of drug-likeness (QED) is 0.784. The normalized spacial score (nSPS) is 11.0. The van der Waals surface area contributed by atoms with Crippen LogP contribution >= 0.6 is 11.3 Å². The maximum atomic E-state index is 13.5. The Kier molecular flexibility index (Phi) is 4.13. The fourth-order valence-corrected chi connectivity index (χ4v) is 3.02. The lowest BCUT2D eigenvalue weighted by atomic mass is 10.1. The lowest BCUT2D eigenvalue weighted by Crippen LogP contribution is -2.03. The van der Waals surface area contributed by atoms with Gasteiger partial charge in [-0.15, -0.1) is 11.3 Å². The third kappa shape index (κ3) is 3.37. The van der Waals surface area contributed by atoms with E-state index in [4.69, 9.17) is 10.5 Å². The van der Waals surface area contributed by atoms with Crippen molar-refractivity contribution in [1.82, 2.24) is 4.98 Å². The van der Waals surface area contributed by atoms with Gasteiger partial charge in [-0.05, 0) is 42.8 Å². The van der Waals surface area contributed by atoms with E-state index in [-0.39, 0.29) is 5.82 Å². The van der Waals surface area contributed by atoms with Crippen LogP contribution in [0, 0.1) is 5.82 Å². The summed E-state index contributed by atoms with van der Waals surface area (Å²) in [5.74, 6) is 0.206. The van der Waals surface area contributed by atoms with E-state index >= 15 is 0 Å². The van der Waals surface area contributed by atoms with Crippen molar-refractivity contribution in [2.75, 3.05) is 6.54 Å². The van der Waals surface area contributed by atoms with Crippen molar-refractivity contribution in [2.45, 2.75) is 13.0 Å². The average molecular weight is 302 g/mol. The van der Waals surface area contributed by atoms with Crippen LogP contribution < -0.4 is 10.5 Å². The molecule has 0 aliphatic heterocycles. The summed E-state index contributed by atoms with van der Waals surface area (Å²) in [6.45, 7) is 0.825. The van der Waals surface area contributed by atoms with E-state index in [1.165, 1.54) is 12.1 Å². The number of benzene rings is 2. The van der Waals surface area contributed by atoms with Gasteiger partial charge in [0.2, 0.25) is 0 Å². The van der Waals surface area contributed by atoms with E-state index in [1.54, 1.807) is 11.3 Å². The van der Waals surface area contributed by atoms with Crippen molar-refractivity contribution in [1.29, 1.82) is 0 Å². The Morgan fingerprint density at radius 1 is 1.19 bits per heavy atom. The summed E-state index contributed by atoms with van der Waals surface area (Å²) in [4.78, 5) is 4.49. The van der Waals surface area contributed by atoms with Crippen LogP contribution in [0.2, 0.25) is 0 Å². The van der Waals surface area contributed by atoms with Gasteiger partial charge in [0.25, 0.3) is 0 Å². The van der Waals surface area contributed by atoms with E-state index in [2.05, 4.69) is 4.98 Å². The Morgan fingerprint density at radius 2 is 2.05 bits per heavy atom. The van der Waals surface area contributed by atoms with Gasteiger partial charge in [0.15, 0.2) is 0 Å². The van der Waals surface area contributed by atoms with Gasteiger partial charge in [-0.2, -0.15) is 0 Å². The molecule has 1 aromatic heterocycles. The van der Waals surface area contributed by atoms with Crippen LogP contribution in [0.15, 0.2) is 42.5 Å². The highest BCUT2D eigenvalue weighted by Crippen LogP contribution is 2.23. The van der Waals surface area contributed by atoms with Crippen LogP contribution in [0.1, 0.15) is 10.6 Å². The summed E-state index contributed by atoms with van der Waals surface area (Å²) in [7, 11) is 0. The summed E-state index contributed by atoms with van der Waals surface area (Å²) in [5.41, 5.74) is 7.30. The van der Waals surface area contributed by atoms with E-state index in [0.717, 1.165) is 20.8 Å². The Labute approximate surface area is 126 Å². The molecule has 0 saturated heterocycles. The predicted octanol–water partition coefficient (Wildman–Crippen LogP) is 3.52. The van der Waals surface area contributed by atoms with Crippen LogP contribution in [0.5, 0.6) is 5.75 Å². The molecule has 0 radical (unpaired) electrons. The topological polar surface area (TPSA) is 48.1 Å². The molecule has 0 atom stereocenters. The summed E-state index contributed by atoms with van der Waals surface area (Å²) in [6, 6.07) is 12.6. The molecular formula is C16H15FN2OS. The highest BCUT2D eigenvalue weighted by Gasteiger charge is 2.06. The SMILES string of the molecule is NCCc1cc(F)cc(OCc2nc3ccccc3s2)c1. The van der Waals surface area contributed by atoms with Crippen LogP contribution in [-0.2, 0) is 13.0 Å². The van der Waals surface area contributed by atoms with Gasteiger partial charge in [0, 0.05) is 6.07 Å². The maximum Gasteiger partial charge on any atom is 0.140 e. The van der Waals surface area contributed by atoms with Gasteiger partial charge in [-0.25, -0.2) is 9.37 Å². The Morgan fingerprint density at radius 3 is 2.86 bits per heavy atom. The first-order valence-corrected chi connectivity index (χ1v) is 7.53. The second-order valence-electron chi connectivity index (χ2n) is 4.70. The van der Waals surface area contributed by atoms with E-state index < -0.39 is 0 Å². The third-order valence-electron chi connectivity index (χ3n) is 3.06. The number of nitrogens with zero attached hydrogens (tertiary/aromatic N) is 1. The van der Waals surface area contributed by atoms with Crippen LogP contribution in [0.25, 0.3) is 10.2 Å². The van der Waals surface area contributed by atoms with Gasteiger partial charge in [-0.1, -0.05) is 12.1 Å². The number of nitrogens with two attached hydrogens (primary N) is 1. The predicted molar refractivity (Wildman–Crippen MR) is 83.1 cm³/mol. The Bertz CT molecular complexity index is 724. The van der Waals surface area contributed by atoms with Crippen LogP contribution in [0.4, 0.5) is 4.39 Å². The van der Waals surface area contributed by atoms with Gasteiger partial charge in [0.05, 0.1) is 10.2 Å². The van der Waals surface area contributed by atoms with Crippen LogP contribution in [0.3, 0.4) is 0 Å². The number of hydrogen-bond donors (Lipinski definition) is 1. The largest absolute Gasteiger partial charge is 0.486 e. The lowest BCUT2D eigenvalue weighted by molar-refractivity contribution is 0.304. The zero-order chi connectivity index (χ0) is 14.7. The number of rotatable bonds is 5. The van der Waals surface area contributed by atoms with Crippen LogP contribution in [-0.4, -0.2) is 11.5 Å². The molecule has 3 nitrogen and oxygen atoms in total. The monoisotopic (exact) mass is 302 g/mol. The molecule has 0 bridgehead atoms. The minimum atomic E-state index is -0.305. The standard InChI is InChI=1S/C16H15FN2OS/c17-12-7-11(5-6-18)8-13(9-12)20-10-16-19-14-3-1-2-4-15(14)21-16/h1-4,7-9H,5-6,10,18H2. The van der Waals surface area contributed by atoms with Crippen molar-refractivity contribution >= 4 is 21.6 Å². The number of para-hydroxylation sites is 1. The van der Waals surface area contributed by atoms with E-state index in [9.17, 15) is 4.39 Å². The molecule has 5 heteroatoms. The van der Waals surface area contributed by atoms with Crippen molar-refractivity contribution < 1.29 is 9.13 Å². The second kappa shape index (κ2) is 6.20. The van der Waals surface area contributed by atoms with Gasteiger partial charge < -0.3 is 10.5 Å². The fourth-order valence-electron chi connectivity index (χ4n) is 2.14. The molecule has 0 unspecified atom stereocenters. The smallest absolute Gasteiger partial charge is 0.140 e. The molecule has 1 heterocycles. The number of thiazole rings is 1. The Balaban J connectivity index is 1.74. The van der Waals surface area contributed by atoms with Crippen molar-refractivity contribution in [2.24, 2.45) is 5.73 Å². The van der Waals surface area contributed by atoms with Gasteiger partial charge in [-0.3, -0.25) is 0 Å². The number of hydrogen-bond acceptors (Lipinski definition) is 4. The zero-order valence-corrected chi connectivity index (χ0v) is 12.2. The molecule has 0 aliphatic rings. The molecule has 108 valence electrons. The number of aromatic nitrogens is 1. The van der Waals surface area contributed by atoms with Crippen molar-refractivity contribution in [3.8, 4) is 5.75 Å². The Hall–Kier alpha value is -1.98. The number of fused-ring (bicyclic) bond motifs is 1.